The number of ether oxygens (including phenoxy) is 1. The lowest BCUT2D eigenvalue weighted by atomic mass is 10.1. The molecule has 0 saturated carbocycles. The molecule has 0 unspecified atom stereocenters. The molecule has 0 radical (unpaired) electrons. The summed E-state index contributed by atoms with van der Waals surface area (Å²) in [4.78, 5) is 12.4. The van der Waals surface area contributed by atoms with Crippen molar-refractivity contribution in [2.45, 2.75) is 11.7 Å². The van der Waals surface area contributed by atoms with Gasteiger partial charge < -0.3 is 14.6 Å². The van der Waals surface area contributed by atoms with Crippen molar-refractivity contribution in [1.82, 2.24) is 14.8 Å². The second kappa shape index (κ2) is 8.92. The molecule has 3 rings (SSSR count). The third kappa shape index (κ3) is 5.02. The Balaban J connectivity index is 1.58. The van der Waals surface area contributed by atoms with E-state index in [1.54, 1.807) is 25.3 Å². The zero-order valence-electron chi connectivity index (χ0n) is 15.0. The Labute approximate surface area is 166 Å². The van der Waals surface area contributed by atoms with Crippen molar-refractivity contribution in [2.75, 3.05) is 18.2 Å². The fourth-order valence-corrected chi connectivity index (χ4v) is 3.33. The molecule has 1 heterocycles. The summed E-state index contributed by atoms with van der Waals surface area (Å²) < 4.78 is 7.04. The molecule has 2 aromatic carbocycles. The molecule has 8 heteroatoms. The number of rotatable bonds is 8. The van der Waals surface area contributed by atoms with Gasteiger partial charge in [-0.15, -0.1) is 10.2 Å². The van der Waals surface area contributed by atoms with Crippen LogP contribution in [0.15, 0.2) is 53.7 Å². The number of thioether (sulfide) groups is 1. The van der Waals surface area contributed by atoms with Crippen LogP contribution in [0.1, 0.15) is 16.2 Å². The molecule has 1 aromatic heterocycles. The predicted octanol–water partition coefficient (Wildman–Crippen LogP) is 4.06. The van der Waals surface area contributed by atoms with E-state index in [4.69, 9.17) is 16.3 Å². The van der Waals surface area contributed by atoms with Gasteiger partial charge >= 0.3 is 0 Å². The smallest absolute Gasteiger partial charge is 0.191 e. The number of hydrogen-bond acceptors (Lipinski definition) is 6. The third-order valence-electron chi connectivity index (χ3n) is 3.94. The van der Waals surface area contributed by atoms with Gasteiger partial charge in [-0.3, -0.25) is 4.79 Å². The van der Waals surface area contributed by atoms with Crippen molar-refractivity contribution in [3.63, 3.8) is 0 Å². The van der Waals surface area contributed by atoms with E-state index in [1.807, 2.05) is 41.9 Å². The molecule has 140 valence electrons. The fraction of sp³-hybridized carbons (Fsp3) is 0.211. The Bertz CT molecular complexity index is 928. The minimum atomic E-state index is 0.0164. The van der Waals surface area contributed by atoms with E-state index in [-0.39, 0.29) is 11.5 Å². The van der Waals surface area contributed by atoms with E-state index >= 15 is 0 Å². The first-order chi connectivity index (χ1) is 13.1. The zero-order valence-corrected chi connectivity index (χ0v) is 16.5. The van der Waals surface area contributed by atoms with E-state index in [1.165, 1.54) is 11.8 Å². The highest BCUT2D eigenvalue weighted by atomic mass is 35.5. The van der Waals surface area contributed by atoms with Crippen molar-refractivity contribution in [3.8, 4) is 5.75 Å². The first-order valence-corrected chi connectivity index (χ1v) is 9.61. The zero-order chi connectivity index (χ0) is 19.2. The normalized spacial score (nSPS) is 10.6. The van der Waals surface area contributed by atoms with E-state index in [0.29, 0.717) is 28.0 Å². The number of nitrogens with zero attached hydrogens (tertiary/aromatic N) is 3. The first kappa shape index (κ1) is 19.3. The van der Waals surface area contributed by atoms with Crippen LogP contribution in [0.3, 0.4) is 0 Å². The molecule has 1 N–H and O–H groups in total. The van der Waals surface area contributed by atoms with E-state index in [9.17, 15) is 4.79 Å². The molecule has 0 atom stereocenters. The van der Waals surface area contributed by atoms with Crippen molar-refractivity contribution >= 4 is 34.8 Å². The van der Waals surface area contributed by atoms with Gasteiger partial charge in [0.2, 0.25) is 0 Å². The highest BCUT2D eigenvalue weighted by molar-refractivity contribution is 7.99. The summed E-state index contributed by atoms with van der Waals surface area (Å²) in [6.45, 7) is 0.523. The molecule has 0 amide bonds. The minimum absolute atomic E-state index is 0.0164. The highest BCUT2D eigenvalue weighted by Crippen LogP contribution is 2.20. The SMILES string of the molecule is COc1cccc(C(=O)CSc2nnc(CNc3ccc(Cl)cc3)n2C)c1. The predicted molar refractivity (Wildman–Crippen MR) is 108 cm³/mol. The van der Waals surface area contributed by atoms with Gasteiger partial charge in [0.05, 0.1) is 19.4 Å². The van der Waals surface area contributed by atoms with Crippen LogP contribution in [-0.4, -0.2) is 33.4 Å². The molecule has 0 saturated heterocycles. The second-order valence-corrected chi connectivity index (χ2v) is 7.14. The van der Waals surface area contributed by atoms with Gasteiger partial charge in [0.15, 0.2) is 16.8 Å². The largest absolute Gasteiger partial charge is 0.497 e. The van der Waals surface area contributed by atoms with Gasteiger partial charge in [0, 0.05) is 23.3 Å². The molecule has 3 aromatic rings. The molecule has 0 fully saturated rings. The lowest BCUT2D eigenvalue weighted by Gasteiger charge is -2.07. The van der Waals surface area contributed by atoms with Crippen LogP contribution in [0.25, 0.3) is 0 Å². The molecule has 0 aliphatic heterocycles. The highest BCUT2D eigenvalue weighted by Gasteiger charge is 2.13. The number of Topliss-reactive ketones (excluding diaryl/α,β-unsaturated/α-hetero) is 1. The number of hydrogen-bond donors (Lipinski definition) is 1. The molecule has 27 heavy (non-hydrogen) atoms. The molecule has 0 spiro atoms. The monoisotopic (exact) mass is 402 g/mol. The third-order valence-corrected chi connectivity index (χ3v) is 5.22. The van der Waals surface area contributed by atoms with Gasteiger partial charge in [-0.05, 0) is 36.4 Å². The van der Waals surface area contributed by atoms with Crippen molar-refractivity contribution in [1.29, 1.82) is 0 Å². The summed E-state index contributed by atoms with van der Waals surface area (Å²) in [7, 11) is 3.47. The van der Waals surface area contributed by atoms with Crippen LogP contribution < -0.4 is 10.1 Å². The lowest BCUT2D eigenvalue weighted by Crippen LogP contribution is -2.07. The summed E-state index contributed by atoms with van der Waals surface area (Å²) in [6, 6.07) is 14.6. The van der Waals surface area contributed by atoms with Crippen molar-refractivity contribution < 1.29 is 9.53 Å². The summed E-state index contributed by atoms with van der Waals surface area (Å²) in [5.41, 5.74) is 1.57. The summed E-state index contributed by atoms with van der Waals surface area (Å²) in [6.07, 6.45) is 0. The number of carbonyl (C=O) groups excluding carboxylic acids is 1. The summed E-state index contributed by atoms with van der Waals surface area (Å²) in [5.74, 6) is 1.74. The number of halogens is 1. The number of nitrogens with one attached hydrogen (secondary N) is 1. The first-order valence-electron chi connectivity index (χ1n) is 8.24. The number of methoxy groups -OCH3 is 1. The van der Waals surface area contributed by atoms with Gasteiger partial charge in [-0.2, -0.15) is 0 Å². The number of aromatic nitrogens is 3. The maximum atomic E-state index is 12.4. The number of carbonyl (C=O) groups is 1. The number of ketones is 1. The number of anilines is 1. The van der Waals surface area contributed by atoms with Crippen LogP contribution >= 0.6 is 23.4 Å². The minimum Gasteiger partial charge on any atom is -0.497 e. The quantitative estimate of drug-likeness (QED) is 0.452. The average molecular weight is 403 g/mol. The van der Waals surface area contributed by atoms with Crippen molar-refractivity contribution in [3.05, 3.63) is 64.9 Å². The summed E-state index contributed by atoms with van der Waals surface area (Å²) >= 11 is 7.25. The maximum Gasteiger partial charge on any atom is 0.191 e. The van der Waals surface area contributed by atoms with E-state index < -0.39 is 0 Å². The molecular weight excluding hydrogens is 384 g/mol. The Morgan fingerprint density at radius 3 is 2.74 bits per heavy atom. The molecule has 0 bridgehead atoms. The summed E-state index contributed by atoms with van der Waals surface area (Å²) in [5, 5.41) is 13.0. The van der Waals surface area contributed by atoms with Gasteiger partial charge in [0.1, 0.15) is 5.75 Å². The van der Waals surface area contributed by atoms with Gasteiger partial charge in [0.25, 0.3) is 0 Å². The Hall–Kier alpha value is -2.51. The standard InChI is InChI=1S/C19H19ClN4O2S/c1-24-18(11-21-15-8-6-14(20)7-9-15)22-23-19(24)27-12-17(25)13-4-3-5-16(10-13)26-2/h3-10,21H,11-12H2,1-2H3. The molecule has 0 aliphatic carbocycles. The van der Waals surface area contributed by atoms with Gasteiger partial charge in [-0.1, -0.05) is 35.5 Å². The topological polar surface area (TPSA) is 69.0 Å². The van der Waals surface area contributed by atoms with Gasteiger partial charge in [-0.25, -0.2) is 0 Å². The van der Waals surface area contributed by atoms with Crippen LogP contribution in [0, 0.1) is 0 Å². The van der Waals surface area contributed by atoms with Crippen LogP contribution in [0.4, 0.5) is 5.69 Å². The van der Waals surface area contributed by atoms with Crippen LogP contribution in [0.5, 0.6) is 5.75 Å². The Morgan fingerprint density at radius 1 is 1.22 bits per heavy atom. The molecule has 6 nitrogen and oxygen atoms in total. The lowest BCUT2D eigenvalue weighted by molar-refractivity contribution is 0.102. The van der Waals surface area contributed by atoms with Crippen molar-refractivity contribution in [2.24, 2.45) is 7.05 Å². The average Bonchev–Trinajstić information content (AvgIpc) is 3.05. The van der Waals surface area contributed by atoms with Crippen LogP contribution in [0.2, 0.25) is 5.02 Å². The fourth-order valence-electron chi connectivity index (χ4n) is 2.38. The second-order valence-electron chi connectivity index (χ2n) is 5.76. The molecular formula is C19H19ClN4O2S. The molecule has 0 aliphatic rings. The van der Waals surface area contributed by atoms with Crippen LogP contribution in [-0.2, 0) is 13.6 Å². The Morgan fingerprint density at radius 2 is 2.00 bits per heavy atom. The van der Waals surface area contributed by atoms with E-state index in [0.717, 1.165) is 11.5 Å². The maximum absolute atomic E-state index is 12.4. The Kier molecular flexibility index (Phi) is 6.36. The van der Waals surface area contributed by atoms with E-state index in [2.05, 4.69) is 15.5 Å². The number of benzene rings is 2.